The Morgan fingerprint density at radius 2 is 1.15 bits per heavy atom. The highest BCUT2D eigenvalue weighted by molar-refractivity contribution is 5.96. The van der Waals surface area contributed by atoms with E-state index in [0.29, 0.717) is 30.4 Å². The van der Waals surface area contributed by atoms with Crippen LogP contribution in [-0.4, -0.2) is 112 Å². The molecule has 3 amide bonds. The number of rotatable bonds is 19. The van der Waals surface area contributed by atoms with Gasteiger partial charge in [0.2, 0.25) is 17.7 Å². The Kier molecular flexibility index (Phi) is 16.3. The molecule has 74 heavy (non-hydrogen) atoms. The smallest absolute Gasteiger partial charge is 0.245 e. The van der Waals surface area contributed by atoms with Gasteiger partial charge < -0.3 is 45.5 Å². The first-order chi connectivity index (χ1) is 35.1. The van der Waals surface area contributed by atoms with Gasteiger partial charge in [-0.3, -0.25) is 19.2 Å². The number of Topliss-reactive ketones (excluding diaryl/α,β-unsaturated/α-hetero) is 1. The van der Waals surface area contributed by atoms with Gasteiger partial charge in [-0.05, 0) is 154 Å². The quantitative estimate of drug-likeness (QED) is 0.0488. The van der Waals surface area contributed by atoms with Crippen molar-refractivity contribution in [2.75, 3.05) is 33.9 Å². The van der Waals surface area contributed by atoms with Crippen molar-refractivity contribution in [3.63, 3.8) is 0 Å². The number of benzene rings is 3. The summed E-state index contributed by atoms with van der Waals surface area (Å²) in [5.41, 5.74) is 5.50. The number of likely N-dealkylation sites (tertiary alicyclic amines) is 1. The van der Waals surface area contributed by atoms with Gasteiger partial charge in [-0.2, -0.15) is 0 Å². The number of carbonyl (C=O) groups is 4. The molecule has 0 radical (unpaired) electrons. The predicted molar refractivity (Wildman–Crippen MR) is 287 cm³/mol. The highest BCUT2D eigenvalue weighted by Crippen LogP contribution is 2.60. The molecule has 2 saturated carbocycles. The Morgan fingerprint density at radius 1 is 0.662 bits per heavy atom. The van der Waals surface area contributed by atoms with Crippen molar-refractivity contribution in [1.29, 1.82) is 0 Å². The zero-order valence-corrected chi connectivity index (χ0v) is 45.1. The molecule has 2 aliphatic carbocycles. The number of fused-ring (bicyclic) bond motifs is 3. The van der Waals surface area contributed by atoms with Crippen LogP contribution in [0.25, 0.3) is 44.3 Å². The lowest BCUT2D eigenvalue weighted by molar-refractivity contribution is -0.140. The van der Waals surface area contributed by atoms with Crippen LogP contribution in [0.4, 0.5) is 8.78 Å². The van der Waals surface area contributed by atoms with Gasteiger partial charge >= 0.3 is 0 Å². The third kappa shape index (κ3) is 10.8. The second kappa shape index (κ2) is 22.0. The Balaban J connectivity index is 1.17. The van der Waals surface area contributed by atoms with Crippen LogP contribution in [0.5, 0.6) is 0 Å². The van der Waals surface area contributed by atoms with Gasteiger partial charge in [-0.1, -0.05) is 72.2 Å². The summed E-state index contributed by atoms with van der Waals surface area (Å²) in [6.07, 6.45) is 5.44. The SMILES string of the molecule is CN[C@@H](C)C(=O)NC(C(=O)C1C2CCC[C@@H](Cc3c(-c4ccc(-c5c(C[C@@H]6CCCN6C(=O)[C@@H](NC(=O)[C@H](C)NC)C(C)(C)C)c6ccc(F)cc6n5CCO)cc4)n(CCO)c4cc(F)ccc34)C21)C(C)(C)C. The molecule has 15 heteroatoms. The maximum absolute atomic E-state index is 15.3. The fraction of sp³-hybridized carbons (Fsp3) is 0.559. The summed E-state index contributed by atoms with van der Waals surface area (Å²) >= 11 is 0. The first kappa shape index (κ1) is 54.8. The summed E-state index contributed by atoms with van der Waals surface area (Å²) in [5.74, 6) is -1.01. The van der Waals surface area contributed by atoms with Crippen LogP contribution < -0.4 is 21.3 Å². The van der Waals surface area contributed by atoms with Crippen LogP contribution in [0.3, 0.4) is 0 Å². The average Bonchev–Trinajstić information content (AvgIpc) is 3.62. The molecule has 9 atom stereocenters. The van der Waals surface area contributed by atoms with Crippen molar-refractivity contribution in [3.8, 4) is 22.5 Å². The maximum atomic E-state index is 15.3. The molecule has 3 aromatic carbocycles. The van der Waals surface area contributed by atoms with E-state index in [0.717, 1.165) is 76.5 Å². The van der Waals surface area contributed by atoms with Gasteiger partial charge in [-0.25, -0.2) is 8.78 Å². The molecule has 5 aromatic rings. The number of nitrogens with one attached hydrogen (secondary N) is 4. The molecule has 1 saturated heterocycles. The summed E-state index contributed by atoms with van der Waals surface area (Å²) in [7, 11) is 3.43. The fourth-order valence-corrected chi connectivity index (χ4v) is 12.5. The van der Waals surface area contributed by atoms with E-state index in [9.17, 15) is 29.4 Å². The molecule has 2 aromatic heterocycles. The van der Waals surface area contributed by atoms with Crippen LogP contribution in [0, 0.1) is 46.1 Å². The number of aliphatic hydroxyl groups is 2. The fourth-order valence-electron chi connectivity index (χ4n) is 12.5. The van der Waals surface area contributed by atoms with Crippen LogP contribution in [0.15, 0.2) is 60.7 Å². The van der Waals surface area contributed by atoms with Crippen LogP contribution >= 0.6 is 0 Å². The number of hydrogen-bond acceptors (Lipinski definition) is 8. The maximum Gasteiger partial charge on any atom is 0.245 e. The molecule has 3 heterocycles. The van der Waals surface area contributed by atoms with Gasteiger partial charge in [0.15, 0.2) is 5.78 Å². The second-order valence-corrected chi connectivity index (χ2v) is 23.5. The van der Waals surface area contributed by atoms with Gasteiger partial charge in [0.25, 0.3) is 0 Å². The van der Waals surface area contributed by atoms with Crippen molar-refractivity contribution in [3.05, 3.63) is 83.4 Å². The minimum absolute atomic E-state index is 0.0852. The normalized spacial score (nSPS) is 21.6. The van der Waals surface area contributed by atoms with E-state index in [1.165, 1.54) is 24.3 Å². The van der Waals surface area contributed by atoms with Crippen molar-refractivity contribution in [2.45, 2.75) is 144 Å². The van der Waals surface area contributed by atoms with Gasteiger partial charge in [-0.15, -0.1) is 0 Å². The number of halogens is 2. The molecule has 3 aliphatic rings. The van der Waals surface area contributed by atoms with Crippen molar-refractivity contribution < 1.29 is 38.2 Å². The van der Waals surface area contributed by atoms with Crippen molar-refractivity contribution in [1.82, 2.24) is 35.3 Å². The van der Waals surface area contributed by atoms with Crippen LogP contribution in [-0.2, 0) is 45.1 Å². The number of aromatic nitrogens is 2. The first-order valence-corrected chi connectivity index (χ1v) is 26.9. The van der Waals surface area contributed by atoms with Crippen molar-refractivity contribution in [2.24, 2.45) is 34.5 Å². The molecule has 8 rings (SSSR count). The van der Waals surface area contributed by atoms with E-state index in [1.807, 2.05) is 85.9 Å². The lowest BCUT2D eigenvalue weighted by Gasteiger charge is -2.36. The lowest BCUT2D eigenvalue weighted by Crippen LogP contribution is -2.58. The largest absolute Gasteiger partial charge is 0.395 e. The molecule has 4 unspecified atom stereocenters. The predicted octanol–water partition coefficient (Wildman–Crippen LogP) is 7.78. The zero-order valence-electron chi connectivity index (χ0n) is 45.1. The Bertz CT molecular complexity index is 2880. The van der Waals surface area contributed by atoms with Gasteiger partial charge in [0, 0.05) is 42.4 Å². The molecule has 0 spiro atoms. The van der Waals surface area contributed by atoms with Gasteiger partial charge in [0.05, 0.1) is 53.8 Å². The summed E-state index contributed by atoms with van der Waals surface area (Å²) < 4.78 is 34.5. The number of nitrogens with zero attached hydrogens (tertiary/aromatic N) is 3. The third-order valence-corrected chi connectivity index (χ3v) is 16.6. The summed E-state index contributed by atoms with van der Waals surface area (Å²) in [5, 5.41) is 34.9. The molecular weight excluding hydrogens is 941 g/mol. The molecule has 1 aliphatic heterocycles. The number of ketones is 1. The van der Waals surface area contributed by atoms with Crippen LogP contribution in [0.1, 0.15) is 98.6 Å². The topological polar surface area (TPSA) is 170 Å². The van der Waals surface area contributed by atoms with Gasteiger partial charge in [0.1, 0.15) is 17.7 Å². The number of likely N-dealkylation sites (N-methyl/N-ethyl adjacent to an activating group) is 2. The molecule has 400 valence electrons. The summed E-state index contributed by atoms with van der Waals surface area (Å²) in [6, 6.07) is 15.1. The Labute approximate surface area is 435 Å². The Hall–Kier alpha value is -5.48. The highest BCUT2D eigenvalue weighted by Gasteiger charge is 2.60. The molecule has 0 bridgehead atoms. The van der Waals surface area contributed by atoms with E-state index in [2.05, 4.69) is 21.3 Å². The minimum Gasteiger partial charge on any atom is -0.395 e. The summed E-state index contributed by atoms with van der Waals surface area (Å²) in [4.78, 5) is 57.5. The second-order valence-electron chi connectivity index (χ2n) is 23.5. The Morgan fingerprint density at radius 3 is 1.62 bits per heavy atom. The van der Waals surface area contributed by atoms with E-state index in [-0.39, 0.29) is 85.3 Å². The van der Waals surface area contributed by atoms with E-state index >= 15 is 8.78 Å². The summed E-state index contributed by atoms with van der Waals surface area (Å²) in [6.45, 7) is 15.9. The van der Waals surface area contributed by atoms with E-state index in [1.54, 1.807) is 34.0 Å². The lowest BCUT2D eigenvalue weighted by atomic mass is 9.80. The molecule has 13 nitrogen and oxygen atoms in total. The zero-order chi connectivity index (χ0) is 53.6. The minimum atomic E-state index is -0.772. The monoisotopic (exact) mass is 1020 g/mol. The number of aliphatic hydroxyl groups excluding tert-OH is 2. The van der Waals surface area contributed by atoms with Crippen LogP contribution in [0.2, 0.25) is 0 Å². The van der Waals surface area contributed by atoms with Crippen molar-refractivity contribution >= 4 is 45.3 Å². The highest BCUT2D eigenvalue weighted by atomic mass is 19.1. The number of hydrogen-bond donors (Lipinski definition) is 6. The molecular formula is C59H79F2N7O6. The first-order valence-electron chi connectivity index (χ1n) is 26.9. The standard InChI is InChI=1S/C59H79F2N7O6/c1-33(62-9)55(72)64-53(58(3,4)5)52(71)49-43-15-11-13-37(48(43)49)29-44-41-22-20-38(60)30-46(41)67(25-27-69)50(44)35-16-18-36(19-17-35)51-45(42-23-21-39(61)31-47(42)68(51)26-28-70)32-40-14-12-24-66(40)57(74)54(59(6,7)8)65-56(73)34(2)63-10/h16-23,30-31,33-34,37,40,43,48-49,53-54,62-63,69-70H,11-15,24-29,32H2,1-10H3,(H,64,72)(H,65,73)/t33-,34-,37-,40-,43?,48?,49?,53?,54+/m0/s1. The van der Waals surface area contributed by atoms with E-state index in [4.69, 9.17) is 0 Å². The number of amides is 3. The average molecular weight is 1020 g/mol. The third-order valence-electron chi connectivity index (χ3n) is 16.6. The van der Waals surface area contributed by atoms with E-state index < -0.39 is 40.8 Å². The number of carbonyl (C=O) groups excluding carboxylic acids is 4. The molecule has 3 fully saturated rings. The molecule has 6 N–H and O–H groups in total.